The highest BCUT2D eigenvalue weighted by molar-refractivity contribution is 8.00. The zero-order valence-corrected chi connectivity index (χ0v) is 13.5. The quantitative estimate of drug-likeness (QED) is 0.580. The maximum absolute atomic E-state index is 12.0. The Morgan fingerprint density at radius 3 is 2.65 bits per heavy atom. The van der Waals surface area contributed by atoms with Gasteiger partial charge in [-0.25, -0.2) is 4.79 Å². The Hall–Kier alpha value is -0.380. The molecule has 1 aromatic carbocycles. The van der Waals surface area contributed by atoms with Crippen LogP contribution < -0.4 is 0 Å². The lowest BCUT2D eigenvalue weighted by Crippen LogP contribution is -2.40. The summed E-state index contributed by atoms with van der Waals surface area (Å²) in [5.41, 5.74) is 1.21. The molecule has 1 aromatic rings. The van der Waals surface area contributed by atoms with Gasteiger partial charge in [0.2, 0.25) is 4.33 Å². The summed E-state index contributed by atoms with van der Waals surface area (Å²) in [5, 5.41) is 0. The van der Waals surface area contributed by atoms with Crippen LogP contribution in [0.4, 0.5) is 0 Å². The van der Waals surface area contributed by atoms with E-state index in [0.29, 0.717) is 0 Å². The van der Waals surface area contributed by atoms with Gasteiger partial charge in [0.15, 0.2) is 4.93 Å². The molecule has 2 aliphatic rings. The molecule has 0 N–H and O–H groups in total. The van der Waals surface area contributed by atoms with E-state index >= 15 is 0 Å². The second-order valence-electron chi connectivity index (χ2n) is 5.54. The largest absolute Gasteiger partial charge is 0.445 e. The number of hydrogen-bond acceptors (Lipinski definition) is 3. The number of hydrogen-bond donors (Lipinski definition) is 0. The number of thioether (sulfide) groups is 1. The Bertz CT molecular complexity index is 529. The van der Waals surface area contributed by atoms with Crippen LogP contribution in [-0.2, 0) is 9.53 Å². The van der Waals surface area contributed by atoms with E-state index in [0.717, 1.165) is 30.6 Å². The van der Waals surface area contributed by atoms with Crippen molar-refractivity contribution < 1.29 is 9.53 Å². The van der Waals surface area contributed by atoms with Crippen LogP contribution >= 0.6 is 35.0 Å². The van der Waals surface area contributed by atoms with Gasteiger partial charge in [0, 0.05) is 4.90 Å². The third kappa shape index (κ3) is 2.34. The van der Waals surface area contributed by atoms with Crippen LogP contribution in [0.15, 0.2) is 29.2 Å². The van der Waals surface area contributed by atoms with E-state index in [1.165, 1.54) is 5.56 Å². The summed E-state index contributed by atoms with van der Waals surface area (Å²) in [5.74, 6) is -0.641. The molecule has 108 valence electrons. The fourth-order valence-electron chi connectivity index (χ4n) is 3.01. The lowest BCUT2D eigenvalue weighted by atomic mass is 9.85. The van der Waals surface area contributed by atoms with Crippen molar-refractivity contribution in [3.05, 3.63) is 29.8 Å². The number of carbonyl (C=O) groups excluding carboxylic acids is 1. The van der Waals surface area contributed by atoms with Gasteiger partial charge in [0.1, 0.15) is 0 Å². The molecule has 20 heavy (non-hydrogen) atoms. The molecule has 5 heteroatoms. The minimum absolute atomic E-state index is 0.147. The minimum atomic E-state index is -1.40. The van der Waals surface area contributed by atoms with Gasteiger partial charge in [0.05, 0.1) is 5.92 Å². The topological polar surface area (TPSA) is 26.3 Å². The van der Waals surface area contributed by atoms with Crippen LogP contribution in [0.5, 0.6) is 0 Å². The number of halogens is 2. The zero-order valence-electron chi connectivity index (χ0n) is 11.2. The summed E-state index contributed by atoms with van der Waals surface area (Å²) in [6.45, 7) is 2.05. The first-order chi connectivity index (χ1) is 9.44. The third-order valence-electron chi connectivity index (χ3n) is 4.09. The second kappa shape index (κ2) is 5.11. The molecule has 0 bridgehead atoms. The average molecular weight is 331 g/mol. The molecule has 2 nitrogen and oxygen atoms in total. The second-order valence-corrected chi connectivity index (χ2v) is 8.29. The smallest absolute Gasteiger partial charge is 0.344 e. The zero-order chi connectivity index (χ0) is 14.4. The Balaban J connectivity index is 1.92. The monoisotopic (exact) mass is 330 g/mol. The highest BCUT2D eigenvalue weighted by Crippen LogP contribution is 2.59. The van der Waals surface area contributed by atoms with Crippen molar-refractivity contribution in [2.45, 2.75) is 46.8 Å². The van der Waals surface area contributed by atoms with E-state index < -0.39 is 15.2 Å². The van der Waals surface area contributed by atoms with Crippen molar-refractivity contribution >= 4 is 40.9 Å². The third-order valence-corrected chi connectivity index (χ3v) is 6.35. The summed E-state index contributed by atoms with van der Waals surface area (Å²) in [6.07, 6.45) is 3.71. The normalized spacial score (nSPS) is 31.8. The van der Waals surface area contributed by atoms with Crippen molar-refractivity contribution in [2.24, 2.45) is 5.92 Å². The molecule has 2 fully saturated rings. The number of rotatable bonds is 2. The van der Waals surface area contributed by atoms with E-state index in [4.69, 9.17) is 27.9 Å². The molecule has 2 atom stereocenters. The summed E-state index contributed by atoms with van der Waals surface area (Å²) < 4.78 is 4.26. The van der Waals surface area contributed by atoms with E-state index in [9.17, 15) is 4.79 Å². The summed E-state index contributed by atoms with van der Waals surface area (Å²) in [7, 11) is 0. The van der Waals surface area contributed by atoms with Crippen LogP contribution in [0.25, 0.3) is 0 Å². The summed E-state index contributed by atoms with van der Waals surface area (Å²) in [4.78, 5) is 12.5. The number of alkyl halides is 2. The molecule has 0 radical (unpaired) electrons. The van der Waals surface area contributed by atoms with Gasteiger partial charge >= 0.3 is 5.97 Å². The number of esters is 1. The van der Waals surface area contributed by atoms with Gasteiger partial charge in [-0.2, -0.15) is 0 Å². The predicted molar refractivity (Wildman–Crippen MR) is 82.3 cm³/mol. The fourth-order valence-corrected chi connectivity index (χ4v) is 5.26. The standard InChI is InChI=1S/C15H16Cl2O2S/c1-10-5-7-11(8-6-10)20-14-9-3-2-4-12(14)15(16,17)13(18)19-14/h5-8,12H,2-4,9H2,1H3/t12-,14-/m1/s1. The molecule has 0 unspecified atom stereocenters. The molecule has 3 rings (SSSR count). The number of carbonyl (C=O) groups is 1. The van der Waals surface area contributed by atoms with E-state index in [2.05, 4.69) is 24.3 Å². The molecule has 0 aromatic heterocycles. The van der Waals surface area contributed by atoms with Gasteiger partial charge in [-0.05, 0) is 38.3 Å². The first-order valence-electron chi connectivity index (χ1n) is 6.81. The first-order valence-corrected chi connectivity index (χ1v) is 8.38. The highest BCUT2D eigenvalue weighted by Gasteiger charge is 2.64. The molecule has 0 spiro atoms. The van der Waals surface area contributed by atoms with Crippen molar-refractivity contribution in [3.63, 3.8) is 0 Å². The van der Waals surface area contributed by atoms with Gasteiger partial charge in [-0.15, -0.1) is 0 Å². The minimum Gasteiger partial charge on any atom is -0.445 e. The van der Waals surface area contributed by atoms with Crippen LogP contribution in [0.1, 0.15) is 31.2 Å². The molecule has 0 amide bonds. The van der Waals surface area contributed by atoms with Crippen molar-refractivity contribution in [2.75, 3.05) is 0 Å². The number of benzene rings is 1. The molecule has 1 saturated heterocycles. The molecule has 1 heterocycles. The Morgan fingerprint density at radius 1 is 1.25 bits per heavy atom. The van der Waals surface area contributed by atoms with E-state index in [-0.39, 0.29) is 5.92 Å². The van der Waals surface area contributed by atoms with Gasteiger partial charge in [0.25, 0.3) is 0 Å². The lowest BCUT2D eigenvalue weighted by Gasteiger charge is -2.37. The van der Waals surface area contributed by atoms with Gasteiger partial charge in [-0.3, -0.25) is 0 Å². The van der Waals surface area contributed by atoms with Crippen molar-refractivity contribution in [1.82, 2.24) is 0 Å². The van der Waals surface area contributed by atoms with Crippen LogP contribution in [-0.4, -0.2) is 15.2 Å². The van der Waals surface area contributed by atoms with Crippen molar-refractivity contribution in [1.29, 1.82) is 0 Å². The number of aryl methyl sites for hydroxylation is 1. The molecule has 1 aliphatic carbocycles. The molecular formula is C15H16Cl2O2S. The summed E-state index contributed by atoms with van der Waals surface area (Å²) in [6, 6.07) is 8.22. The predicted octanol–water partition coefficient (Wildman–Crippen LogP) is 4.70. The van der Waals surface area contributed by atoms with Crippen molar-refractivity contribution in [3.8, 4) is 0 Å². The summed E-state index contributed by atoms with van der Waals surface area (Å²) >= 11 is 14.1. The van der Waals surface area contributed by atoms with Gasteiger partial charge < -0.3 is 4.74 Å². The highest BCUT2D eigenvalue weighted by atomic mass is 35.5. The fraction of sp³-hybridized carbons (Fsp3) is 0.533. The molecule has 1 aliphatic heterocycles. The number of ether oxygens (including phenoxy) is 1. The van der Waals surface area contributed by atoms with Crippen LogP contribution in [0.2, 0.25) is 0 Å². The molecule has 1 saturated carbocycles. The lowest BCUT2D eigenvalue weighted by molar-refractivity contribution is -0.144. The SMILES string of the molecule is Cc1ccc(S[C@]23CCCC[C@H]2C(Cl)(Cl)C(=O)O3)cc1. The Morgan fingerprint density at radius 2 is 1.95 bits per heavy atom. The van der Waals surface area contributed by atoms with Crippen LogP contribution in [0, 0.1) is 12.8 Å². The maximum Gasteiger partial charge on any atom is 0.344 e. The Labute approximate surface area is 133 Å². The molecular weight excluding hydrogens is 315 g/mol. The number of fused-ring (bicyclic) bond motifs is 1. The maximum atomic E-state index is 12.0. The van der Waals surface area contributed by atoms with Crippen LogP contribution in [0.3, 0.4) is 0 Å². The van der Waals surface area contributed by atoms with Gasteiger partial charge in [-0.1, -0.05) is 59.1 Å². The Kier molecular flexibility index (Phi) is 3.72. The van der Waals surface area contributed by atoms with E-state index in [1.807, 2.05) is 6.92 Å². The van der Waals surface area contributed by atoms with E-state index in [1.54, 1.807) is 11.8 Å². The first kappa shape index (κ1) is 14.6. The average Bonchev–Trinajstić information content (AvgIpc) is 2.60.